The summed E-state index contributed by atoms with van der Waals surface area (Å²) in [5.41, 5.74) is 1.26. The smallest absolute Gasteiger partial charge is 0.232 e. The summed E-state index contributed by atoms with van der Waals surface area (Å²) >= 11 is 0. The van der Waals surface area contributed by atoms with Gasteiger partial charge >= 0.3 is 0 Å². The number of carbonyl (C=O) groups is 1. The number of carbonyl (C=O) groups excluding carboxylic acids is 1. The van der Waals surface area contributed by atoms with Crippen molar-refractivity contribution in [3.63, 3.8) is 0 Å². The van der Waals surface area contributed by atoms with Crippen molar-refractivity contribution < 1.29 is 9.53 Å². The highest BCUT2D eigenvalue weighted by Crippen LogP contribution is 2.26. The van der Waals surface area contributed by atoms with Crippen LogP contribution in [0.3, 0.4) is 0 Å². The van der Waals surface area contributed by atoms with E-state index in [0.717, 1.165) is 49.6 Å². The Morgan fingerprint density at radius 2 is 2.11 bits per heavy atom. The number of aryl methyl sites for hydroxylation is 2. The number of rotatable bonds is 2. The first-order valence-corrected chi connectivity index (χ1v) is 6.17. The van der Waals surface area contributed by atoms with Crippen molar-refractivity contribution in [2.75, 3.05) is 13.2 Å². The lowest BCUT2D eigenvalue weighted by Crippen LogP contribution is -2.17. The van der Waals surface area contributed by atoms with Gasteiger partial charge in [0.25, 0.3) is 0 Å². The number of ether oxygens (including phenoxy) is 1. The molecule has 0 spiro atoms. The molecule has 2 aromatic rings. The number of hydrogen-bond acceptors (Lipinski definition) is 4. The van der Waals surface area contributed by atoms with Crippen LogP contribution in [-0.4, -0.2) is 38.7 Å². The number of nitrogens with zero attached hydrogens (tertiary/aromatic N) is 4. The third-order valence-electron chi connectivity index (χ3n) is 3.60. The van der Waals surface area contributed by atoms with Crippen LogP contribution in [0.15, 0.2) is 0 Å². The molecule has 3 heterocycles. The Labute approximate surface area is 105 Å². The van der Waals surface area contributed by atoms with E-state index >= 15 is 0 Å². The topological polar surface area (TPSA) is 61.4 Å². The van der Waals surface area contributed by atoms with Gasteiger partial charge in [0, 0.05) is 26.2 Å². The molecular formula is C12H16N4O2. The molecule has 3 rings (SSSR count). The zero-order chi connectivity index (χ0) is 12.7. The standard InChI is InChI=1S/C12H16N4O2/c1-8-10(7-17)16-12(13-8)15(2)11(14-16)9-3-5-18-6-4-9/h7,9H,3-6H2,1-2H3. The van der Waals surface area contributed by atoms with Crippen LogP contribution in [0.4, 0.5) is 0 Å². The van der Waals surface area contributed by atoms with Gasteiger partial charge in [-0.15, -0.1) is 0 Å². The van der Waals surface area contributed by atoms with Gasteiger partial charge in [-0.25, -0.2) is 4.98 Å². The minimum atomic E-state index is 0.394. The lowest BCUT2D eigenvalue weighted by atomic mass is 10.00. The Bertz CT molecular complexity index is 593. The normalized spacial score (nSPS) is 17.4. The molecule has 2 aromatic heterocycles. The highest BCUT2D eigenvalue weighted by Gasteiger charge is 2.24. The van der Waals surface area contributed by atoms with Gasteiger partial charge in [-0.2, -0.15) is 9.61 Å². The van der Waals surface area contributed by atoms with Crippen LogP contribution in [0.1, 0.15) is 40.8 Å². The number of aromatic nitrogens is 4. The van der Waals surface area contributed by atoms with Gasteiger partial charge in [-0.05, 0) is 19.8 Å². The van der Waals surface area contributed by atoms with Gasteiger partial charge in [0.2, 0.25) is 5.78 Å². The average Bonchev–Trinajstić information content (AvgIpc) is 2.87. The van der Waals surface area contributed by atoms with E-state index in [1.54, 1.807) is 4.52 Å². The predicted octanol–water partition coefficient (Wildman–Crippen LogP) is 1.08. The van der Waals surface area contributed by atoms with Crippen LogP contribution >= 0.6 is 0 Å². The van der Waals surface area contributed by atoms with Crippen molar-refractivity contribution in [1.82, 2.24) is 19.2 Å². The summed E-state index contributed by atoms with van der Waals surface area (Å²) in [6, 6.07) is 0. The average molecular weight is 248 g/mol. The highest BCUT2D eigenvalue weighted by atomic mass is 16.5. The molecule has 0 radical (unpaired) electrons. The minimum absolute atomic E-state index is 0.394. The van der Waals surface area contributed by atoms with Gasteiger partial charge in [-0.1, -0.05) is 0 Å². The molecular weight excluding hydrogens is 232 g/mol. The molecule has 0 N–H and O–H groups in total. The number of aldehydes is 1. The molecule has 0 aliphatic carbocycles. The fourth-order valence-corrected chi connectivity index (χ4v) is 2.55. The minimum Gasteiger partial charge on any atom is -0.381 e. The molecule has 1 aliphatic heterocycles. The Morgan fingerprint density at radius 1 is 1.39 bits per heavy atom. The summed E-state index contributed by atoms with van der Waals surface area (Å²) in [7, 11) is 1.95. The van der Waals surface area contributed by atoms with Crippen molar-refractivity contribution in [2.45, 2.75) is 25.7 Å². The number of hydrogen-bond donors (Lipinski definition) is 0. The van der Waals surface area contributed by atoms with Crippen LogP contribution in [0.25, 0.3) is 5.78 Å². The summed E-state index contributed by atoms with van der Waals surface area (Å²) in [5.74, 6) is 2.12. The highest BCUT2D eigenvalue weighted by molar-refractivity contribution is 5.75. The molecule has 18 heavy (non-hydrogen) atoms. The monoisotopic (exact) mass is 248 g/mol. The summed E-state index contributed by atoms with van der Waals surface area (Å²) in [4.78, 5) is 15.5. The lowest BCUT2D eigenvalue weighted by Gasteiger charge is -2.20. The molecule has 1 fully saturated rings. The van der Waals surface area contributed by atoms with E-state index < -0.39 is 0 Å². The Kier molecular flexibility index (Phi) is 2.66. The second-order valence-corrected chi connectivity index (χ2v) is 4.72. The number of fused-ring (bicyclic) bond motifs is 1. The van der Waals surface area contributed by atoms with Crippen molar-refractivity contribution in [3.05, 3.63) is 17.2 Å². The Balaban J connectivity index is 2.10. The van der Waals surface area contributed by atoms with E-state index in [2.05, 4.69) is 10.1 Å². The Morgan fingerprint density at radius 3 is 2.78 bits per heavy atom. The molecule has 0 unspecified atom stereocenters. The summed E-state index contributed by atoms with van der Waals surface area (Å²) < 4.78 is 8.99. The first-order valence-electron chi connectivity index (χ1n) is 6.17. The van der Waals surface area contributed by atoms with Crippen molar-refractivity contribution in [1.29, 1.82) is 0 Å². The van der Waals surface area contributed by atoms with Gasteiger partial charge in [0.15, 0.2) is 6.29 Å². The predicted molar refractivity (Wildman–Crippen MR) is 64.9 cm³/mol. The summed E-state index contributed by atoms with van der Waals surface area (Å²) in [5, 5.41) is 4.56. The first kappa shape index (κ1) is 11.4. The van der Waals surface area contributed by atoms with E-state index in [1.807, 2.05) is 18.5 Å². The maximum atomic E-state index is 11.1. The molecule has 96 valence electrons. The van der Waals surface area contributed by atoms with E-state index in [9.17, 15) is 4.79 Å². The fourth-order valence-electron chi connectivity index (χ4n) is 2.55. The number of imidazole rings is 1. The zero-order valence-electron chi connectivity index (χ0n) is 10.6. The molecule has 0 bridgehead atoms. The SMILES string of the molecule is Cc1nc2n(C)c(C3CCOCC3)nn2c1C=O. The van der Waals surface area contributed by atoms with E-state index in [4.69, 9.17) is 4.74 Å². The van der Waals surface area contributed by atoms with Gasteiger partial charge < -0.3 is 4.74 Å². The van der Waals surface area contributed by atoms with Crippen LogP contribution in [0, 0.1) is 6.92 Å². The summed E-state index contributed by atoms with van der Waals surface area (Å²) in [6.45, 7) is 3.38. The largest absolute Gasteiger partial charge is 0.381 e. The van der Waals surface area contributed by atoms with E-state index in [-0.39, 0.29) is 0 Å². The second kappa shape index (κ2) is 4.20. The molecule has 6 heteroatoms. The summed E-state index contributed by atoms with van der Waals surface area (Å²) in [6.07, 6.45) is 2.77. The van der Waals surface area contributed by atoms with Crippen LogP contribution in [0.2, 0.25) is 0 Å². The van der Waals surface area contributed by atoms with E-state index in [1.165, 1.54) is 0 Å². The second-order valence-electron chi connectivity index (χ2n) is 4.72. The van der Waals surface area contributed by atoms with Crippen molar-refractivity contribution in [2.24, 2.45) is 7.05 Å². The maximum absolute atomic E-state index is 11.1. The van der Waals surface area contributed by atoms with Crippen LogP contribution in [0.5, 0.6) is 0 Å². The van der Waals surface area contributed by atoms with Crippen LogP contribution in [-0.2, 0) is 11.8 Å². The molecule has 6 nitrogen and oxygen atoms in total. The Hall–Kier alpha value is -1.69. The lowest BCUT2D eigenvalue weighted by molar-refractivity contribution is 0.0829. The fraction of sp³-hybridized carbons (Fsp3) is 0.583. The van der Waals surface area contributed by atoms with Crippen LogP contribution < -0.4 is 0 Å². The molecule has 1 aliphatic rings. The van der Waals surface area contributed by atoms with Crippen molar-refractivity contribution >= 4 is 12.1 Å². The zero-order valence-corrected chi connectivity index (χ0v) is 10.6. The molecule has 1 saturated heterocycles. The quantitative estimate of drug-likeness (QED) is 0.746. The van der Waals surface area contributed by atoms with Gasteiger partial charge in [-0.3, -0.25) is 9.36 Å². The molecule has 0 amide bonds. The molecule has 0 atom stereocenters. The third kappa shape index (κ3) is 1.56. The van der Waals surface area contributed by atoms with Gasteiger partial charge in [0.05, 0.1) is 5.69 Å². The maximum Gasteiger partial charge on any atom is 0.232 e. The third-order valence-corrected chi connectivity index (χ3v) is 3.60. The first-order chi connectivity index (χ1) is 8.72. The van der Waals surface area contributed by atoms with Gasteiger partial charge in [0.1, 0.15) is 11.5 Å². The molecule has 0 aromatic carbocycles. The van der Waals surface area contributed by atoms with E-state index in [0.29, 0.717) is 11.6 Å². The molecule has 0 saturated carbocycles. The van der Waals surface area contributed by atoms with Crippen molar-refractivity contribution in [3.8, 4) is 0 Å².